The quantitative estimate of drug-likeness (QED) is 0.756. The van der Waals surface area contributed by atoms with Gasteiger partial charge in [0.1, 0.15) is 0 Å². The highest BCUT2D eigenvalue weighted by atomic mass is 19.4. The van der Waals surface area contributed by atoms with Crippen molar-refractivity contribution in [1.29, 1.82) is 0 Å². The van der Waals surface area contributed by atoms with Crippen molar-refractivity contribution in [2.45, 2.75) is 43.9 Å². The molecule has 0 aromatic carbocycles. The largest absolute Gasteiger partial charge is 0.479 e. The maximum atomic E-state index is 12.5. The van der Waals surface area contributed by atoms with Crippen LogP contribution in [0, 0.1) is 5.92 Å². The van der Waals surface area contributed by atoms with E-state index in [0.717, 1.165) is 6.42 Å². The smallest absolute Gasteiger partial charge is 0.428 e. The third-order valence-corrected chi connectivity index (χ3v) is 2.95. The molecule has 1 aliphatic carbocycles. The first-order chi connectivity index (χ1) is 6.80. The average Bonchev–Trinajstić information content (AvgIpc) is 2.16. The van der Waals surface area contributed by atoms with Crippen LogP contribution in [-0.2, 0) is 4.79 Å². The first-order valence-electron chi connectivity index (χ1n) is 4.82. The van der Waals surface area contributed by atoms with Gasteiger partial charge in [-0.3, -0.25) is 0 Å². The van der Waals surface area contributed by atoms with Gasteiger partial charge in [0.05, 0.1) is 0 Å². The molecule has 0 aromatic rings. The second kappa shape index (κ2) is 4.00. The Bertz CT molecular complexity index is 245. The fourth-order valence-electron chi connectivity index (χ4n) is 2.05. The van der Waals surface area contributed by atoms with Gasteiger partial charge >= 0.3 is 12.1 Å². The molecule has 0 bridgehead atoms. The Labute approximate surface area is 84.9 Å². The minimum atomic E-state index is -5.11. The van der Waals surface area contributed by atoms with Gasteiger partial charge in [-0.15, -0.1) is 0 Å². The lowest BCUT2D eigenvalue weighted by molar-refractivity contribution is -0.278. The van der Waals surface area contributed by atoms with Gasteiger partial charge in [-0.2, -0.15) is 13.2 Å². The number of carboxylic acid groups (broad SMARTS) is 1. The number of carbonyl (C=O) groups is 1. The zero-order valence-electron chi connectivity index (χ0n) is 8.05. The predicted octanol–water partition coefficient (Wildman–Crippen LogP) is 1.94. The first-order valence-corrected chi connectivity index (χ1v) is 4.82. The van der Waals surface area contributed by atoms with Crippen LogP contribution < -0.4 is 0 Å². The molecule has 0 radical (unpaired) electrons. The van der Waals surface area contributed by atoms with Crippen molar-refractivity contribution in [3.63, 3.8) is 0 Å². The minimum absolute atomic E-state index is 0.113. The van der Waals surface area contributed by atoms with E-state index in [9.17, 15) is 23.1 Å². The summed E-state index contributed by atoms with van der Waals surface area (Å²) in [6.07, 6.45) is -3.01. The summed E-state index contributed by atoms with van der Waals surface area (Å²) in [6, 6.07) is 0. The lowest BCUT2D eigenvalue weighted by Gasteiger charge is -2.36. The van der Waals surface area contributed by atoms with E-state index in [4.69, 9.17) is 5.11 Å². The number of aliphatic carboxylic acids is 1. The van der Waals surface area contributed by atoms with Gasteiger partial charge < -0.3 is 10.2 Å². The number of halogens is 3. The molecule has 88 valence electrons. The van der Waals surface area contributed by atoms with E-state index in [1.54, 1.807) is 0 Å². The number of carboxylic acids is 1. The number of aliphatic hydroxyl groups is 1. The van der Waals surface area contributed by atoms with Crippen LogP contribution in [0.25, 0.3) is 0 Å². The number of alkyl halides is 3. The van der Waals surface area contributed by atoms with Crippen molar-refractivity contribution in [2.24, 2.45) is 5.92 Å². The van der Waals surface area contributed by atoms with E-state index in [1.807, 2.05) is 0 Å². The molecule has 0 unspecified atom stereocenters. The monoisotopic (exact) mass is 226 g/mol. The molecule has 1 fully saturated rings. The van der Waals surface area contributed by atoms with Crippen LogP contribution in [0.4, 0.5) is 13.2 Å². The topological polar surface area (TPSA) is 57.5 Å². The zero-order chi connectivity index (χ0) is 11.7. The molecule has 15 heavy (non-hydrogen) atoms. The number of hydrogen-bond acceptors (Lipinski definition) is 2. The summed E-state index contributed by atoms with van der Waals surface area (Å²) in [7, 11) is 0. The molecule has 0 heterocycles. The summed E-state index contributed by atoms with van der Waals surface area (Å²) in [4.78, 5) is 10.6. The molecule has 1 aliphatic rings. The van der Waals surface area contributed by atoms with Gasteiger partial charge in [0.25, 0.3) is 5.60 Å². The molecule has 0 spiro atoms. The van der Waals surface area contributed by atoms with Crippen molar-refractivity contribution in [1.82, 2.24) is 0 Å². The molecule has 6 heteroatoms. The van der Waals surface area contributed by atoms with Gasteiger partial charge in [-0.1, -0.05) is 19.3 Å². The lowest BCUT2D eigenvalue weighted by Crippen LogP contribution is -2.57. The fraction of sp³-hybridized carbons (Fsp3) is 0.889. The summed E-state index contributed by atoms with van der Waals surface area (Å²) in [5.74, 6) is -3.41. The molecule has 1 saturated carbocycles. The predicted molar refractivity (Wildman–Crippen MR) is 45.2 cm³/mol. The van der Waals surface area contributed by atoms with Gasteiger partial charge in [0.2, 0.25) is 0 Å². The molecular formula is C9H13F3O3. The Morgan fingerprint density at radius 2 is 1.60 bits per heavy atom. The van der Waals surface area contributed by atoms with E-state index in [-0.39, 0.29) is 12.8 Å². The van der Waals surface area contributed by atoms with E-state index >= 15 is 0 Å². The molecule has 1 rings (SSSR count). The summed E-state index contributed by atoms with van der Waals surface area (Å²) < 4.78 is 37.5. The fourth-order valence-corrected chi connectivity index (χ4v) is 2.05. The van der Waals surface area contributed by atoms with Crippen LogP contribution in [0.15, 0.2) is 0 Å². The second-order valence-electron chi connectivity index (χ2n) is 3.90. The van der Waals surface area contributed by atoms with Crippen molar-refractivity contribution in [3.05, 3.63) is 0 Å². The van der Waals surface area contributed by atoms with Crippen LogP contribution in [-0.4, -0.2) is 28.0 Å². The summed E-state index contributed by atoms with van der Waals surface area (Å²) >= 11 is 0. The van der Waals surface area contributed by atoms with Crippen LogP contribution >= 0.6 is 0 Å². The molecule has 0 saturated heterocycles. The Kier molecular flexibility index (Phi) is 3.28. The normalized spacial score (nSPS) is 23.5. The van der Waals surface area contributed by atoms with E-state index in [0.29, 0.717) is 12.8 Å². The summed E-state index contributed by atoms with van der Waals surface area (Å²) in [5, 5.41) is 17.9. The van der Waals surface area contributed by atoms with E-state index in [2.05, 4.69) is 0 Å². The average molecular weight is 226 g/mol. The van der Waals surface area contributed by atoms with Crippen LogP contribution in [0.2, 0.25) is 0 Å². The van der Waals surface area contributed by atoms with Gasteiger partial charge in [-0.25, -0.2) is 4.79 Å². The van der Waals surface area contributed by atoms with Crippen LogP contribution in [0.1, 0.15) is 32.1 Å². The van der Waals surface area contributed by atoms with E-state index < -0.39 is 23.7 Å². The Morgan fingerprint density at radius 3 is 1.93 bits per heavy atom. The van der Waals surface area contributed by atoms with Crippen molar-refractivity contribution >= 4 is 5.97 Å². The molecule has 1 atom stereocenters. The van der Waals surface area contributed by atoms with Gasteiger partial charge in [-0.05, 0) is 12.8 Å². The summed E-state index contributed by atoms with van der Waals surface area (Å²) in [6.45, 7) is 0. The number of rotatable bonds is 2. The lowest BCUT2D eigenvalue weighted by atomic mass is 9.76. The highest BCUT2D eigenvalue weighted by molar-refractivity contribution is 5.78. The third kappa shape index (κ3) is 2.09. The van der Waals surface area contributed by atoms with Gasteiger partial charge in [0, 0.05) is 5.92 Å². The SMILES string of the molecule is O=C(O)[C@](O)(C1CCCCC1)C(F)(F)F. The Morgan fingerprint density at radius 1 is 1.13 bits per heavy atom. The molecule has 0 amide bonds. The van der Waals surface area contributed by atoms with Crippen molar-refractivity contribution in [2.75, 3.05) is 0 Å². The van der Waals surface area contributed by atoms with Gasteiger partial charge in [0.15, 0.2) is 0 Å². The highest BCUT2D eigenvalue weighted by Crippen LogP contribution is 2.42. The molecule has 3 nitrogen and oxygen atoms in total. The van der Waals surface area contributed by atoms with Crippen molar-refractivity contribution < 1.29 is 28.2 Å². The van der Waals surface area contributed by atoms with Crippen LogP contribution in [0.5, 0.6) is 0 Å². The van der Waals surface area contributed by atoms with Crippen LogP contribution in [0.3, 0.4) is 0 Å². The molecule has 0 aliphatic heterocycles. The summed E-state index contributed by atoms with van der Waals surface area (Å²) in [5.41, 5.74) is -3.58. The highest BCUT2D eigenvalue weighted by Gasteiger charge is 2.64. The Balaban J connectivity index is 2.94. The maximum Gasteiger partial charge on any atom is 0.428 e. The van der Waals surface area contributed by atoms with Crippen molar-refractivity contribution in [3.8, 4) is 0 Å². The molecular weight excluding hydrogens is 213 g/mol. The maximum absolute atomic E-state index is 12.5. The number of hydrogen-bond donors (Lipinski definition) is 2. The Hall–Kier alpha value is -0.780. The zero-order valence-corrected chi connectivity index (χ0v) is 8.05. The van der Waals surface area contributed by atoms with E-state index in [1.165, 1.54) is 0 Å². The standard InChI is InChI=1S/C9H13F3O3/c10-9(11,12)8(15,7(13)14)6-4-2-1-3-5-6/h6,15H,1-5H2,(H,13,14)/t8-/m1/s1. The third-order valence-electron chi connectivity index (χ3n) is 2.95. The first kappa shape index (κ1) is 12.3. The minimum Gasteiger partial charge on any atom is -0.479 e. The molecule has 0 aromatic heterocycles. The molecule has 2 N–H and O–H groups in total. The second-order valence-corrected chi connectivity index (χ2v) is 3.90.